The van der Waals surface area contributed by atoms with Gasteiger partial charge in [0.15, 0.2) is 0 Å². The Balaban J connectivity index is 1.33. The molecule has 0 fully saturated rings. The number of rotatable bonds is 8. The summed E-state index contributed by atoms with van der Waals surface area (Å²) in [5, 5.41) is 9.96. The first-order valence-electron chi connectivity index (χ1n) is 10.1. The molecule has 2 amide bonds. The Bertz CT molecular complexity index is 970. The second-order valence-corrected chi connectivity index (χ2v) is 9.33. The second-order valence-electron chi connectivity index (χ2n) is 7.38. The summed E-state index contributed by atoms with van der Waals surface area (Å²) in [4.78, 5) is 29.9. The van der Waals surface area contributed by atoms with Gasteiger partial charge in [-0.25, -0.2) is 0 Å². The molecule has 3 aromatic rings. The smallest absolute Gasteiger partial charge is 0.262 e. The van der Waals surface area contributed by atoms with E-state index < -0.39 is 6.04 Å². The van der Waals surface area contributed by atoms with E-state index in [0.717, 1.165) is 31.6 Å². The van der Waals surface area contributed by atoms with Gasteiger partial charge in [-0.1, -0.05) is 36.4 Å². The number of carbonyl (C=O) groups excluding carboxylic acids is 2. The Morgan fingerprint density at radius 2 is 1.90 bits per heavy atom. The molecule has 0 spiro atoms. The fourth-order valence-corrected chi connectivity index (χ4v) is 5.17. The van der Waals surface area contributed by atoms with Gasteiger partial charge in [-0.2, -0.15) is 0 Å². The van der Waals surface area contributed by atoms with E-state index >= 15 is 0 Å². The fraction of sp³-hybridized carbons (Fsp3) is 0.304. The first-order chi connectivity index (χ1) is 14.7. The maximum atomic E-state index is 12.9. The summed E-state index contributed by atoms with van der Waals surface area (Å²) in [5.41, 5.74) is 2.42. The third kappa shape index (κ3) is 5.36. The summed E-state index contributed by atoms with van der Waals surface area (Å²) in [6.45, 7) is 3.33. The van der Waals surface area contributed by atoms with Crippen LogP contribution in [-0.4, -0.2) is 42.4 Å². The monoisotopic (exact) mass is 439 g/mol. The molecule has 156 valence electrons. The van der Waals surface area contributed by atoms with Crippen LogP contribution in [0.15, 0.2) is 59.3 Å². The average Bonchev–Trinajstić information content (AvgIpc) is 3.45. The minimum atomic E-state index is -0.605. The normalized spacial score (nSPS) is 14.7. The lowest BCUT2D eigenvalue weighted by Crippen LogP contribution is -2.49. The van der Waals surface area contributed by atoms with Crippen molar-refractivity contribution in [1.29, 1.82) is 0 Å². The largest absolute Gasteiger partial charge is 0.353 e. The Morgan fingerprint density at radius 3 is 2.70 bits per heavy atom. The first-order valence-corrected chi connectivity index (χ1v) is 11.9. The predicted molar refractivity (Wildman–Crippen MR) is 122 cm³/mol. The molecule has 2 N–H and O–H groups in total. The number of nitrogens with zero attached hydrogens (tertiary/aromatic N) is 1. The Morgan fingerprint density at radius 1 is 1.03 bits per heavy atom. The molecule has 0 radical (unpaired) electrons. The van der Waals surface area contributed by atoms with E-state index in [1.807, 2.05) is 53.1 Å². The molecule has 0 saturated heterocycles. The molecule has 0 saturated carbocycles. The maximum absolute atomic E-state index is 12.9. The lowest BCUT2D eigenvalue weighted by Gasteiger charge is -2.27. The first kappa shape index (κ1) is 20.8. The summed E-state index contributed by atoms with van der Waals surface area (Å²) in [6.07, 6.45) is 1.54. The highest BCUT2D eigenvalue weighted by molar-refractivity contribution is 7.12. The third-order valence-corrected chi connectivity index (χ3v) is 7.16. The van der Waals surface area contributed by atoms with E-state index in [2.05, 4.69) is 27.0 Å². The Kier molecular flexibility index (Phi) is 6.94. The van der Waals surface area contributed by atoms with E-state index in [-0.39, 0.29) is 11.8 Å². The quantitative estimate of drug-likeness (QED) is 0.566. The molecule has 1 aliphatic rings. The van der Waals surface area contributed by atoms with E-state index in [0.29, 0.717) is 17.8 Å². The van der Waals surface area contributed by atoms with Gasteiger partial charge in [-0.3, -0.25) is 14.5 Å². The molecule has 1 aromatic carbocycles. The van der Waals surface area contributed by atoms with Crippen molar-refractivity contribution >= 4 is 34.5 Å². The predicted octanol–water partition coefficient (Wildman–Crippen LogP) is 3.33. The summed E-state index contributed by atoms with van der Waals surface area (Å²) in [7, 11) is 0. The Labute approximate surface area is 184 Å². The van der Waals surface area contributed by atoms with E-state index in [1.54, 1.807) is 6.07 Å². The van der Waals surface area contributed by atoms with Crippen molar-refractivity contribution in [1.82, 2.24) is 15.5 Å². The second kappa shape index (κ2) is 10.0. The lowest BCUT2D eigenvalue weighted by atomic mass is 10.1. The lowest BCUT2D eigenvalue weighted by molar-refractivity contribution is -0.123. The highest BCUT2D eigenvalue weighted by Crippen LogP contribution is 2.23. The average molecular weight is 440 g/mol. The molecular formula is C23H25N3O2S2. The van der Waals surface area contributed by atoms with Crippen LogP contribution < -0.4 is 10.6 Å². The number of amides is 2. The number of thiophene rings is 2. The van der Waals surface area contributed by atoms with Crippen LogP contribution >= 0.6 is 22.7 Å². The highest BCUT2D eigenvalue weighted by Gasteiger charge is 2.23. The molecule has 3 heterocycles. The zero-order valence-electron chi connectivity index (χ0n) is 16.7. The van der Waals surface area contributed by atoms with E-state index in [9.17, 15) is 9.59 Å². The molecule has 30 heavy (non-hydrogen) atoms. The summed E-state index contributed by atoms with van der Waals surface area (Å²) in [5.74, 6) is -0.348. The number of carbonyl (C=O) groups is 2. The van der Waals surface area contributed by atoms with Gasteiger partial charge in [-0.05, 0) is 40.4 Å². The van der Waals surface area contributed by atoms with Crippen LogP contribution in [0.3, 0.4) is 0 Å². The van der Waals surface area contributed by atoms with Gasteiger partial charge in [0, 0.05) is 37.5 Å². The van der Waals surface area contributed by atoms with Crippen LogP contribution in [0.25, 0.3) is 0 Å². The van der Waals surface area contributed by atoms with Crippen molar-refractivity contribution in [3.63, 3.8) is 0 Å². The van der Waals surface area contributed by atoms with Gasteiger partial charge in [-0.15, -0.1) is 22.7 Å². The van der Waals surface area contributed by atoms with Gasteiger partial charge >= 0.3 is 0 Å². The molecule has 1 aliphatic heterocycles. The number of hydrogen-bond acceptors (Lipinski definition) is 5. The van der Waals surface area contributed by atoms with Crippen molar-refractivity contribution in [3.05, 3.63) is 80.2 Å². The topological polar surface area (TPSA) is 61.4 Å². The van der Waals surface area contributed by atoms with Crippen LogP contribution in [-0.2, 0) is 24.2 Å². The summed E-state index contributed by atoms with van der Waals surface area (Å²) >= 11 is 3.20. The highest BCUT2D eigenvalue weighted by atomic mass is 32.1. The zero-order chi connectivity index (χ0) is 20.8. The van der Waals surface area contributed by atoms with Crippen LogP contribution in [0.2, 0.25) is 0 Å². The fourth-order valence-electron chi connectivity index (χ4n) is 3.65. The SMILES string of the molecule is O=C(NC(Cc1ccccc1)C(=O)NCCN1CCc2sccc2C1)c1cccs1. The number of hydrogen-bond donors (Lipinski definition) is 2. The number of nitrogens with one attached hydrogen (secondary N) is 2. The van der Waals surface area contributed by atoms with Gasteiger partial charge < -0.3 is 10.6 Å². The van der Waals surface area contributed by atoms with Gasteiger partial charge in [0.25, 0.3) is 5.91 Å². The van der Waals surface area contributed by atoms with Crippen molar-refractivity contribution in [2.24, 2.45) is 0 Å². The standard InChI is InChI=1S/C23H25N3O2S2/c27-22(24-10-12-26-11-8-20-18(16-26)9-14-30-20)19(15-17-5-2-1-3-6-17)25-23(28)21-7-4-13-29-21/h1-7,9,13-14,19H,8,10-12,15-16H2,(H,24,27)(H,25,28). The number of fused-ring (bicyclic) bond motifs is 1. The van der Waals surface area contributed by atoms with Crippen molar-refractivity contribution in [3.8, 4) is 0 Å². The minimum Gasteiger partial charge on any atom is -0.353 e. The van der Waals surface area contributed by atoms with Crippen molar-refractivity contribution in [2.75, 3.05) is 19.6 Å². The van der Waals surface area contributed by atoms with E-state index in [4.69, 9.17) is 0 Å². The van der Waals surface area contributed by atoms with Crippen molar-refractivity contribution in [2.45, 2.75) is 25.4 Å². The maximum Gasteiger partial charge on any atom is 0.262 e. The van der Waals surface area contributed by atoms with Gasteiger partial charge in [0.2, 0.25) is 5.91 Å². The van der Waals surface area contributed by atoms with Crippen molar-refractivity contribution < 1.29 is 9.59 Å². The van der Waals surface area contributed by atoms with Crippen LogP contribution in [0.5, 0.6) is 0 Å². The van der Waals surface area contributed by atoms with E-state index in [1.165, 1.54) is 21.8 Å². The van der Waals surface area contributed by atoms with Gasteiger partial charge in [0.05, 0.1) is 4.88 Å². The molecule has 4 rings (SSSR count). The molecule has 0 aliphatic carbocycles. The molecule has 0 bridgehead atoms. The minimum absolute atomic E-state index is 0.142. The van der Waals surface area contributed by atoms with Crippen LogP contribution in [0.4, 0.5) is 0 Å². The third-order valence-electron chi connectivity index (χ3n) is 5.26. The molecule has 7 heteroatoms. The van der Waals surface area contributed by atoms with Crippen LogP contribution in [0.1, 0.15) is 25.7 Å². The molecule has 1 atom stereocenters. The molecular weight excluding hydrogens is 414 g/mol. The van der Waals surface area contributed by atoms with Crippen LogP contribution in [0, 0.1) is 0 Å². The summed E-state index contributed by atoms with van der Waals surface area (Å²) in [6, 6.07) is 15.0. The molecule has 1 unspecified atom stereocenters. The zero-order valence-corrected chi connectivity index (χ0v) is 18.3. The molecule has 5 nitrogen and oxygen atoms in total. The van der Waals surface area contributed by atoms with Gasteiger partial charge in [0.1, 0.15) is 6.04 Å². The number of benzene rings is 1. The summed E-state index contributed by atoms with van der Waals surface area (Å²) < 4.78 is 0. The Hall–Kier alpha value is -2.48. The molecule has 2 aromatic heterocycles.